The van der Waals surface area contributed by atoms with E-state index in [1.54, 1.807) is 0 Å². The minimum Gasteiger partial charge on any atom is -0.358 e. The van der Waals surface area contributed by atoms with E-state index in [-0.39, 0.29) is 31.9 Å². The molecule has 0 radical (unpaired) electrons. The summed E-state index contributed by atoms with van der Waals surface area (Å²) in [5.41, 5.74) is 0. The zero-order valence-corrected chi connectivity index (χ0v) is 15.3. The third-order valence-electron chi connectivity index (χ3n) is 4.61. The van der Waals surface area contributed by atoms with Gasteiger partial charge >= 0.3 is 17.1 Å². The summed E-state index contributed by atoms with van der Waals surface area (Å²) in [6, 6.07) is 0.771. The normalized spacial score (nSPS) is 26.4. The van der Waals surface area contributed by atoms with E-state index in [9.17, 15) is 0 Å². The van der Waals surface area contributed by atoms with Gasteiger partial charge in [0.15, 0.2) is 0 Å². The molecule has 19 heavy (non-hydrogen) atoms. The van der Waals surface area contributed by atoms with Crippen molar-refractivity contribution >= 4 is 0 Å². The molecule has 0 amide bonds. The minimum atomic E-state index is 0. The second-order valence-electron chi connectivity index (χ2n) is 6.04. The van der Waals surface area contributed by atoms with Crippen molar-refractivity contribution < 1.29 is 17.1 Å². The molecule has 2 unspecified atom stereocenters. The van der Waals surface area contributed by atoms with Crippen LogP contribution < -0.4 is 0 Å². The molecule has 0 heterocycles. The molecule has 2 fully saturated rings. The van der Waals surface area contributed by atoms with Gasteiger partial charge in [0.05, 0.1) is 0 Å². The largest absolute Gasteiger partial charge is 2.00 e. The molecule has 1 nitrogen and oxygen atoms in total. The van der Waals surface area contributed by atoms with Gasteiger partial charge in [0, 0.05) is 6.04 Å². The Hall–Kier alpha value is 0.479. The Labute approximate surface area is 134 Å². The summed E-state index contributed by atoms with van der Waals surface area (Å²) >= 11 is 0. The fraction of sp³-hybridized carbons (Fsp3) is 0.882. The van der Waals surface area contributed by atoms with Gasteiger partial charge in [0.25, 0.3) is 0 Å². The van der Waals surface area contributed by atoms with Gasteiger partial charge in [-0.1, -0.05) is 51.9 Å². The Kier molecular flexibility index (Phi) is 17.4. The summed E-state index contributed by atoms with van der Waals surface area (Å²) in [6.07, 6.45) is 11.8. The number of nitrogens with zero attached hydrogens (tertiary/aromatic N) is 1. The molecular formula is C17H37FeN. The van der Waals surface area contributed by atoms with E-state index in [4.69, 9.17) is 0 Å². The maximum atomic E-state index is 2.40. The first kappa shape index (κ1) is 24.5. The van der Waals surface area contributed by atoms with Crippen LogP contribution >= 0.6 is 0 Å². The van der Waals surface area contributed by atoms with Crippen molar-refractivity contribution in [3.8, 4) is 0 Å². The van der Waals surface area contributed by atoms with Crippen LogP contribution in [-0.2, 0) is 17.1 Å². The first-order chi connectivity index (χ1) is 7.63. The first-order valence-corrected chi connectivity index (χ1v) is 7.29. The van der Waals surface area contributed by atoms with E-state index < -0.39 is 0 Å². The smallest absolute Gasteiger partial charge is 0.358 e. The van der Waals surface area contributed by atoms with E-state index >= 15 is 0 Å². The van der Waals surface area contributed by atoms with E-state index in [0.717, 1.165) is 17.9 Å². The molecule has 3 atom stereocenters. The molecule has 2 rings (SSSR count). The minimum absolute atomic E-state index is 0. The Morgan fingerprint density at radius 3 is 1.53 bits per heavy atom. The Balaban J connectivity index is -0.000000277. The quantitative estimate of drug-likeness (QED) is 0.499. The van der Waals surface area contributed by atoms with Gasteiger partial charge in [-0.05, 0) is 39.3 Å². The second kappa shape index (κ2) is 13.5. The molecule has 0 aliphatic heterocycles. The Morgan fingerprint density at radius 2 is 1.26 bits per heavy atom. The fourth-order valence-corrected chi connectivity index (χ4v) is 3.16. The SMILES string of the molecule is C1CCCC1.CC1CCCC1[C@@H](C)N(C)C.[CH3-].[CH3-].[Fe+2]. The molecule has 2 saturated carbocycles. The molecule has 0 aromatic heterocycles. The molecule has 118 valence electrons. The summed E-state index contributed by atoms with van der Waals surface area (Å²) in [6.45, 7) is 4.75. The first-order valence-electron chi connectivity index (χ1n) is 7.29. The summed E-state index contributed by atoms with van der Waals surface area (Å²) in [5.74, 6) is 1.90. The second-order valence-corrected chi connectivity index (χ2v) is 6.04. The third kappa shape index (κ3) is 9.10. The van der Waals surface area contributed by atoms with Crippen molar-refractivity contribution in [2.24, 2.45) is 11.8 Å². The molecule has 0 bridgehead atoms. The summed E-state index contributed by atoms with van der Waals surface area (Å²) in [7, 11) is 4.38. The molecule has 0 aromatic rings. The van der Waals surface area contributed by atoms with Gasteiger partial charge in [-0.2, -0.15) is 0 Å². The van der Waals surface area contributed by atoms with E-state index in [1.807, 2.05) is 0 Å². The van der Waals surface area contributed by atoms with Gasteiger partial charge in [0.2, 0.25) is 0 Å². The van der Waals surface area contributed by atoms with Gasteiger partial charge in [0.1, 0.15) is 0 Å². The van der Waals surface area contributed by atoms with Crippen LogP contribution in [0.3, 0.4) is 0 Å². The molecule has 0 spiro atoms. The van der Waals surface area contributed by atoms with Crippen molar-refractivity contribution in [3.63, 3.8) is 0 Å². The number of rotatable bonds is 2. The molecule has 2 heteroatoms. The monoisotopic (exact) mass is 311 g/mol. The molecule has 0 N–H and O–H groups in total. The fourth-order valence-electron chi connectivity index (χ4n) is 3.16. The van der Waals surface area contributed by atoms with Crippen LogP contribution in [0.5, 0.6) is 0 Å². The maximum Gasteiger partial charge on any atom is 2.00 e. The summed E-state index contributed by atoms with van der Waals surface area (Å²) < 4.78 is 0. The average molecular weight is 311 g/mol. The Morgan fingerprint density at radius 1 is 0.842 bits per heavy atom. The molecule has 0 saturated heterocycles. The predicted octanol–water partition coefficient (Wildman–Crippen LogP) is 5.22. The van der Waals surface area contributed by atoms with Crippen LogP contribution in [0.4, 0.5) is 0 Å². The van der Waals surface area contributed by atoms with Gasteiger partial charge in [-0.3, -0.25) is 0 Å². The number of hydrogen-bond acceptors (Lipinski definition) is 1. The van der Waals surface area contributed by atoms with Crippen molar-refractivity contribution in [2.75, 3.05) is 14.1 Å². The van der Waals surface area contributed by atoms with Crippen LogP contribution in [0.1, 0.15) is 65.2 Å². The summed E-state index contributed by atoms with van der Waals surface area (Å²) in [4.78, 5) is 2.35. The molecule has 0 aromatic carbocycles. The van der Waals surface area contributed by atoms with E-state index in [0.29, 0.717) is 0 Å². The topological polar surface area (TPSA) is 3.24 Å². The predicted molar refractivity (Wildman–Crippen MR) is 85.6 cm³/mol. The van der Waals surface area contributed by atoms with E-state index in [2.05, 4.69) is 32.8 Å². The van der Waals surface area contributed by atoms with Gasteiger partial charge < -0.3 is 19.8 Å². The zero-order valence-electron chi connectivity index (χ0n) is 14.2. The summed E-state index contributed by atoms with van der Waals surface area (Å²) in [5, 5.41) is 0. The van der Waals surface area contributed by atoms with Gasteiger partial charge in [-0.15, -0.1) is 0 Å². The van der Waals surface area contributed by atoms with Crippen LogP contribution in [0.25, 0.3) is 0 Å². The van der Waals surface area contributed by atoms with Crippen LogP contribution in [0.2, 0.25) is 0 Å². The van der Waals surface area contributed by atoms with Crippen molar-refractivity contribution in [3.05, 3.63) is 14.9 Å². The standard InChI is InChI=1S/C10H21N.C5H10.2CH3.Fe/c1-8-6-5-7-10(8)9(2)11(3)4;1-2-4-5-3-1;;;/h8-10H,5-7H2,1-4H3;1-5H2;2*1H3;/q;;2*-1;+2/t8?,9-,10?;;;;/m1..../s1. The van der Waals surface area contributed by atoms with Crippen LogP contribution in [0.15, 0.2) is 0 Å². The van der Waals surface area contributed by atoms with Crippen LogP contribution in [0, 0.1) is 26.7 Å². The van der Waals surface area contributed by atoms with E-state index in [1.165, 1.54) is 51.4 Å². The molecule has 2 aliphatic rings. The maximum absolute atomic E-state index is 2.40. The van der Waals surface area contributed by atoms with Gasteiger partial charge in [-0.25, -0.2) is 0 Å². The molecule has 2 aliphatic carbocycles. The third-order valence-corrected chi connectivity index (χ3v) is 4.61. The Bertz CT molecular complexity index is 170. The number of hydrogen-bond donors (Lipinski definition) is 0. The molecular weight excluding hydrogens is 274 g/mol. The van der Waals surface area contributed by atoms with Crippen LogP contribution in [-0.4, -0.2) is 25.0 Å². The van der Waals surface area contributed by atoms with Crippen molar-refractivity contribution in [1.82, 2.24) is 4.90 Å². The van der Waals surface area contributed by atoms with Crippen molar-refractivity contribution in [1.29, 1.82) is 0 Å². The average Bonchev–Trinajstić information content (AvgIpc) is 2.89. The zero-order chi connectivity index (χ0) is 12.0. The van der Waals surface area contributed by atoms with Crippen molar-refractivity contribution in [2.45, 2.75) is 71.3 Å².